The van der Waals surface area contributed by atoms with E-state index in [-0.39, 0.29) is 11.6 Å². The molecule has 2 N–H and O–H groups in total. The van der Waals surface area contributed by atoms with Crippen LogP contribution in [0.5, 0.6) is 0 Å². The number of nitrogens with zero attached hydrogens (tertiary/aromatic N) is 1. The van der Waals surface area contributed by atoms with Gasteiger partial charge >= 0.3 is 0 Å². The molecular weight excluding hydrogens is 350 g/mol. The molecule has 0 saturated carbocycles. The first kappa shape index (κ1) is 16.2. The summed E-state index contributed by atoms with van der Waals surface area (Å²) in [6.45, 7) is 2.78. The van der Waals surface area contributed by atoms with Crippen LogP contribution in [0.2, 0.25) is 0 Å². The second-order valence-corrected chi connectivity index (χ2v) is 7.72. The molecule has 3 aromatic heterocycles. The third-order valence-corrected chi connectivity index (χ3v) is 5.87. The van der Waals surface area contributed by atoms with Crippen molar-refractivity contribution in [2.75, 3.05) is 0 Å². The molecule has 0 amide bonds. The van der Waals surface area contributed by atoms with E-state index in [1.54, 1.807) is 11.3 Å². The summed E-state index contributed by atoms with van der Waals surface area (Å²) in [6.07, 6.45) is 0. The number of thiophene rings is 2. The van der Waals surface area contributed by atoms with Crippen LogP contribution in [0.15, 0.2) is 58.0 Å². The molecule has 1 aromatic carbocycles. The summed E-state index contributed by atoms with van der Waals surface area (Å²) in [4.78, 5) is 22.4. The van der Waals surface area contributed by atoms with Crippen molar-refractivity contribution in [3.05, 3.63) is 74.3 Å². The predicted molar refractivity (Wildman–Crippen MR) is 105 cm³/mol. The molecule has 0 fully saturated rings. The number of hydrogen-bond acceptors (Lipinski definition) is 5. The van der Waals surface area contributed by atoms with Gasteiger partial charge in [-0.15, -0.1) is 22.7 Å². The number of hydrogen-bond donors (Lipinski definition) is 2. The predicted octanol–water partition coefficient (Wildman–Crippen LogP) is 4.56. The SMILES string of the molecule is C[C@H](NCc1cccs1)c1nc2scc(-c3ccccc3)c2c(=O)[nH]1. The summed E-state index contributed by atoms with van der Waals surface area (Å²) in [5.74, 6) is 0.676. The number of benzene rings is 1. The van der Waals surface area contributed by atoms with E-state index >= 15 is 0 Å². The van der Waals surface area contributed by atoms with Crippen LogP contribution in [-0.4, -0.2) is 9.97 Å². The standard InChI is InChI=1S/C19H17N3OS2/c1-12(20-10-14-8-5-9-24-14)17-21-18(23)16-15(11-25-19(16)22-17)13-6-3-2-4-7-13/h2-9,11-12,20H,10H2,1H3,(H,21,22,23)/t12-/m0/s1. The second-order valence-electron chi connectivity index (χ2n) is 5.83. The van der Waals surface area contributed by atoms with E-state index in [0.717, 1.165) is 22.5 Å². The maximum atomic E-state index is 12.7. The minimum absolute atomic E-state index is 0.0264. The second kappa shape index (κ2) is 6.92. The van der Waals surface area contributed by atoms with E-state index in [4.69, 9.17) is 0 Å². The average Bonchev–Trinajstić information content (AvgIpc) is 3.30. The van der Waals surface area contributed by atoms with Crippen LogP contribution in [0.3, 0.4) is 0 Å². The van der Waals surface area contributed by atoms with Crippen LogP contribution >= 0.6 is 22.7 Å². The molecule has 0 spiro atoms. The Morgan fingerprint density at radius 1 is 1.16 bits per heavy atom. The van der Waals surface area contributed by atoms with Crippen LogP contribution in [0, 0.1) is 0 Å². The van der Waals surface area contributed by atoms with E-state index in [9.17, 15) is 4.79 Å². The maximum Gasteiger partial charge on any atom is 0.260 e. The molecule has 25 heavy (non-hydrogen) atoms. The number of H-pyrrole nitrogens is 1. The summed E-state index contributed by atoms with van der Waals surface area (Å²) in [5, 5.41) is 8.16. The van der Waals surface area contributed by atoms with Crippen molar-refractivity contribution >= 4 is 32.9 Å². The summed E-state index contributed by atoms with van der Waals surface area (Å²) < 4.78 is 0. The lowest BCUT2D eigenvalue weighted by atomic mass is 10.1. The molecule has 126 valence electrons. The minimum Gasteiger partial charge on any atom is -0.309 e. The highest BCUT2D eigenvalue weighted by molar-refractivity contribution is 7.17. The smallest absolute Gasteiger partial charge is 0.260 e. The average molecular weight is 367 g/mol. The van der Waals surface area contributed by atoms with Gasteiger partial charge in [0.2, 0.25) is 0 Å². The maximum absolute atomic E-state index is 12.7. The first-order valence-corrected chi connectivity index (χ1v) is 9.81. The Balaban J connectivity index is 1.65. The van der Waals surface area contributed by atoms with Gasteiger partial charge in [-0.1, -0.05) is 36.4 Å². The van der Waals surface area contributed by atoms with Gasteiger partial charge in [0, 0.05) is 22.4 Å². The molecule has 0 aliphatic rings. The Labute approximate surface area is 153 Å². The fourth-order valence-electron chi connectivity index (χ4n) is 2.76. The van der Waals surface area contributed by atoms with E-state index in [0.29, 0.717) is 11.2 Å². The van der Waals surface area contributed by atoms with Gasteiger partial charge in [0.05, 0.1) is 11.4 Å². The minimum atomic E-state index is -0.0788. The number of rotatable bonds is 5. The number of nitrogens with one attached hydrogen (secondary N) is 2. The molecule has 0 bridgehead atoms. The highest BCUT2D eigenvalue weighted by atomic mass is 32.1. The molecule has 0 saturated heterocycles. The zero-order valence-electron chi connectivity index (χ0n) is 13.7. The molecule has 4 rings (SSSR count). The van der Waals surface area contributed by atoms with Gasteiger partial charge in [0.1, 0.15) is 10.7 Å². The summed E-state index contributed by atoms with van der Waals surface area (Å²) in [5.41, 5.74) is 1.91. The molecule has 4 aromatic rings. The van der Waals surface area contributed by atoms with Crippen molar-refractivity contribution in [1.82, 2.24) is 15.3 Å². The Hall–Kier alpha value is -2.28. The molecule has 3 heterocycles. The van der Waals surface area contributed by atoms with Gasteiger partial charge in [-0.2, -0.15) is 0 Å². The molecular formula is C19H17N3OS2. The molecule has 1 atom stereocenters. The highest BCUT2D eigenvalue weighted by Gasteiger charge is 2.15. The van der Waals surface area contributed by atoms with Crippen molar-refractivity contribution in [2.24, 2.45) is 0 Å². The van der Waals surface area contributed by atoms with Gasteiger partial charge in [0.25, 0.3) is 5.56 Å². The first-order chi connectivity index (χ1) is 12.2. The quantitative estimate of drug-likeness (QED) is 0.543. The van der Waals surface area contributed by atoms with Crippen LogP contribution in [-0.2, 0) is 6.54 Å². The Bertz CT molecular complexity index is 1040. The third kappa shape index (κ3) is 3.28. The van der Waals surface area contributed by atoms with E-state index in [2.05, 4.69) is 26.7 Å². The van der Waals surface area contributed by atoms with Gasteiger partial charge in [-0.25, -0.2) is 4.98 Å². The molecule has 0 aliphatic heterocycles. The normalized spacial score (nSPS) is 12.5. The topological polar surface area (TPSA) is 57.8 Å². The van der Waals surface area contributed by atoms with E-state index in [1.807, 2.05) is 48.7 Å². The number of fused-ring (bicyclic) bond motifs is 1. The summed E-state index contributed by atoms with van der Waals surface area (Å²) in [7, 11) is 0. The van der Waals surface area contributed by atoms with Crippen LogP contribution < -0.4 is 10.9 Å². The summed E-state index contributed by atoms with van der Waals surface area (Å²) in [6, 6.07) is 14.1. The molecule has 6 heteroatoms. The molecule has 4 nitrogen and oxygen atoms in total. The van der Waals surface area contributed by atoms with Gasteiger partial charge < -0.3 is 10.3 Å². The molecule has 0 radical (unpaired) electrons. The Morgan fingerprint density at radius 3 is 2.76 bits per heavy atom. The van der Waals surface area contributed by atoms with Crippen molar-refractivity contribution in [2.45, 2.75) is 19.5 Å². The molecule has 0 aliphatic carbocycles. The van der Waals surface area contributed by atoms with Gasteiger partial charge in [0.15, 0.2) is 0 Å². The van der Waals surface area contributed by atoms with E-state index in [1.165, 1.54) is 16.2 Å². The van der Waals surface area contributed by atoms with E-state index < -0.39 is 0 Å². The van der Waals surface area contributed by atoms with Crippen LogP contribution in [0.25, 0.3) is 21.3 Å². The lowest BCUT2D eigenvalue weighted by molar-refractivity contribution is 0.550. The highest BCUT2D eigenvalue weighted by Crippen LogP contribution is 2.30. The van der Waals surface area contributed by atoms with Gasteiger partial charge in [-0.05, 0) is 23.9 Å². The fourth-order valence-corrected chi connectivity index (χ4v) is 4.38. The monoisotopic (exact) mass is 367 g/mol. The van der Waals surface area contributed by atoms with Crippen molar-refractivity contribution in [1.29, 1.82) is 0 Å². The Morgan fingerprint density at radius 2 is 2.00 bits per heavy atom. The number of aromatic amines is 1. The molecule has 0 unspecified atom stereocenters. The first-order valence-electron chi connectivity index (χ1n) is 8.05. The number of aromatic nitrogens is 2. The van der Waals surface area contributed by atoms with Crippen LogP contribution in [0.1, 0.15) is 23.7 Å². The van der Waals surface area contributed by atoms with Gasteiger partial charge in [-0.3, -0.25) is 4.79 Å². The third-order valence-electron chi connectivity index (χ3n) is 4.12. The van der Waals surface area contributed by atoms with Crippen molar-refractivity contribution in [3.8, 4) is 11.1 Å². The van der Waals surface area contributed by atoms with Crippen molar-refractivity contribution < 1.29 is 0 Å². The zero-order valence-corrected chi connectivity index (χ0v) is 15.3. The largest absolute Gasteiger partial charge is 0.309 e. The Kier molecular flexibility index (Phi) is 4.48. The lowest BCUT2D eigenvalue weighted by Crippen LogP contribution is -2.23. The van der Waals surface area contributed by atoms with Crippen LogP contribution in [0.4, 0.5) is 0 Å². The lowest BCUT2D eigenvalue weighted by Gasteiger charge is -2.12. The zero-order chi connectivity index (χ0) is 17.2. The van der Waals surface area contributed by atoms with Crippen molar-refractivity contribution in [3.63, 3.8) is 0 Å². The fraction of sp³-hybridized carbons (Fsp3) is 0.158. The summed E-state index contributed by atoms with van der Waals surface area (Å²) >= 11 is 3.23.